The number of carbonyl (C=O) groups excluding carboxylic acids is 2. The van der Waals surface area contributed by atoms with Crippen LogP contribution in [0.15, 0.2) is 60.7 Å². The number of rotatable bonds is 5. The summed E-state index contributed by atoms with van der Waals surface area (Å²) in [5.41, 5.74) is 2.59. The Morgan fingerprint density at radius 3 is 2.21 bits per heavy atom. The van der Waals surface area contributed by atoms with Crippen molar-refractivity contribution in [1.29, 1.82) is 5.26 Å². The number of anilines is 4. The minimum absolute atomic E-state index is 0.155. The molecular weight excluding hydrogens is 356 g/mol. The number of carbonyl (C=O) groups is 2. The second kappa shape index (κ2) is 8.42. The molecule has 0 atom stereocenters. The average Bonchev–Trinajstić information content (AvgIpc) is 2.70. The molecule has 0 fully saturated rings. The van der Waals surface area contributed by atoms with Crippen molar-refractivity contribution in [2.45, 2.75) is 6.92 Å². The molecule has 0 aliphatic heterocycles. The summed E-state index contributed by atoms with van der Waals surface area (Å²) in [6, 6.07) is 18.9. The van der Waals surface area contributed by atoms with E-state index in [1.807, 2.05) is 0 Å². The van der Waals surface area contributed by atoms with E-state index in [0.29, 0.717) is 28.4 Å². The number of hydrogen-bond acceptors (Lipinski definition) is 6. The molecule has 0 spiro atoms. The van der Waals surface area contributed by atoms with Crippen LogP contribution in [0.25, 0.3) is 0 Å². The fourth-order valence-corrected chi connectivity index (χ4v) is 2.37. The lowest BCUT2D eigenvalue weighted by Crippen LogP contribution is -2.14. The van der Waals surface area contributed by atoms with Gasteiger partial charge in [0.1, 0.15) is 0 Å². The van der Waals surface area contributed by atoms with Crippen molar-refractivity contribution in [2.75, 3.05) is 16.0 Å². The summed E-state index contributed by atoms with van der Waals surface area (Å²) in [5, 5.41) is 25.2. The highest BCUT2D eigenvalue weighted by Crippen LogP contribution is 2.17. The Labute approximate surface area is 161 Å². The quantitative estimate of drug-likeness (QED) is 0.632. The second-order valence-corrected chi connectivity index (χ2v) is 5.83. The van der Waals surface area contributed by atoms with Crippen LogP contribution in [-0.4, -0.2) is 22.0 Å². The van der Waals surface area contributed by atoms with Gasteiger partial charge >= 0.3 is 0 Å². The monoisotopic (exact) mass is 372 g/mol. The fourth-order valence-electron chi connectivity index (χ4n) is 2.37. The first kappa shape index (κ1) is 18.5. The molecule has 2 amide bonds. The molecule has 1 heterocycles. The first-order valence-corrected chi connectivity index (χ1v) is 8.33. The zero-order chi connectivity index (χ0) is 19.9. The van der Waals surface area contributed by atoms with Crippen LogP contribution in [0.5, 0.6) is 0 Å². The summed E-state index contributed by atoms with van der Waals surface area (Å²) in [5.74, 6) is -0.121. The van der Waals surface area contributed by atoms with Gasteiger partial charge in [0, 0.05) is 24.0 Å². The number of nitrogens with zero attached hydrogens (tertiary/aromatic N) is 3. The molecule has 8 heteroatoms. The van der Waals surface area contributed by atoms with Crippen LogP contribution >= 0.6 is 0 Å². The number of hydrogen-bond donors (Lipinski definition) is 3. The summed E-state index contributed by atoms with van der Waals surface area (Å²) in [6.45, 7) is 1.42. The van der Waals surface area contributed by atoms with Gasteiger partial charge in [-0.2, -0.15) is 5.26 Å². The van der Waals surface area contributed by atoms with E-state index in [9.17, 15) is 9.59 Å². The largest absolute Gasteiger partial charge is 0.339 e. The molecule has 0 bridgehead atoms. The van der Waals surface area contributed by atoms with Crippen LogP contribution in [0.2, 0.25) is 0 Å². The highest BCUT2D eigenvalue weighted by Gasteiger charge is 2.09. The van der Waals surface area contributed by atoms with E-state index >= 15 is 0 Å². The third kappa shape index (κ3) is 4.89. The Morgan fingerprint density at radius 2 is 1.61 bits per heavy atom. The number of nitriles is 1. The van der Waals surface area contributed by atoms with Crippen molar-refractivity contribution >= 4 is 34.7 Å². The molecule has 3 aromatic rings. The van der Waals surface area contributed by atoms with Gasteiger partial charge < -0.3 is 16.0 Å². The smallest absolute Gasteiger partial charge is 0.276 e. The van der Waals surface area contributed by atoms with Crippen molar-refractivity contribution in [1.82, 2.24) is 10.2 Å². The fraction of sp³-hybridized carbons (Fsp3) is 0.0500. The molecule has 8 nitrogen and oxygen atoms in total. The highest BCUT2D eigenvalue weighted by atomic mass is 16.2. The standard InChI is InChI=1S/C20H16N6O2/c1-13(27)22-15-5-7-16(8-6-15)24-20(28)18-9-10-19(26-25-18)23-17-4-2-3-14(11-17)12-21/h2-11H,1H3,(H,22,27)(H,23,26)(H,24,28). The Hall–Kier alpha value is -4.25. The first-order valence-electron chi connectivity index (χ1n) is 8.33. The van der Waals surface area contributed by atoms with Gasteiger partial charge in [-0.1, -0.05) is 6.07 Å². The molecule has 0 unspecified atom stereocenters. The molecule has 3 N–H and O–H groups in total. The Bertz CT molecular complexity index is 1040. The van der Waals surface area contributed by atoms with Crippen molar-refractivity contribution < 1.29 is 9.59 Å². The predicted molar refractivity (Wildman–Crippen MR) is 105 cm³/mol. The van der Waals surface area contributed by atoms with E-state index in [1.54, 1.807) is 60.7 Å². The van der Waals surface area contributed by atoms with Crippen LogP contribution in [0.3, 0.4) is 0 Å². The van der Waals surface area contributed by atoms with Crippen LogP contribution < -0.4 is 16.0 Å². The summed E-state index contributed by atoms with van der Waals surface area (Å²) < 4.78 is 0. The topological polar surface area (TPSA) is 120 Å². The minimum atomic E-state index is -0.405. The maximum atomic E-state index is 12.3. The van der Waals surface area contributed by atoms with E-state index in [2.05, 4.69) is 32.2 Å². The van der Waals surface area contributed by atoms with E-state index in [4.69, 9.17) is 5.26 Å². The molecule has 0 saturated heterocycles. The van der Waals surface area contributed by atoms with Crippen molar-refractivity contribution in [3.63, 3.8) is 0 Å². The number of amides is 2. The van der Waals surface area contributed by atoms with Gasteiger partial charge in [-0.15, -0.1) is 10.2 Å². The van der Waals surface area contributed by atoms with E-state index in [1.165, 1.54) is 6.92 Å². The van der Waals surface area contributed by atoms with Gasteiger partial charge in [0.25, 0.3) is 5.91 Å². The molecule has 0 saturated carbocycles. The molecule has 28 heavy (non-hydrogen) atoms. The molecule has 2 aromatic carbocycles. The Balaban J connectivity index is 1.63. The molecular formula is C20H16N6O2. The maximum Gasteiger partial charge on any atom is 0.276 e. The SMILES string of the molecule is CC(=O)Nc1ccc(NC(=O)c2ccc(Nc3cccc(C#N)c3)nn2)cc1. The average molecular weight is 372 g/mol. The van der Waals surface area contributed by atoms with Gasteiger partial charge in [0.15, 0.2) is 11.5 Å². The third-order valence-corrected chi connectivity index (χ3v) is 3.62. The zero-order valence-corrected chi connectivity index (χ0v) is 14.9. The van der Waals surface area contributed by atoms with Gasteiger partial charge in [-0.25, -0.2) is 0 Å². The maximum absolute atomic E-state index is 12.3. The molecule has 0 aliphatic carbocycles. The van der Waals surface area contributed by atoms with E-state index < -0.39 is 5.91 Å². The van der Waals surface area contributed by atoms with Gasteiger partial charge in [-0.05, 0) is 54.6 Å². The second-order valence-electron chi connectivity index (χ2n) is 5.83. The van der Waals surface area contributed by atoms with Crippen molar-refractivity contribution in [2.24, 2.45) is 0 Å². The lowest BCUT2D eigenvalue weighted by molar-refractivity contribution is -0.114. The molecule has 0 radical (unpaired) electrons. The molecule has 0 aliphatic rings. The summed E-state index contributed by atoms with van der Waals surface area (Å²) in [7, 11) is 0. The normalized spacial score (nSPS) is 9.86. The van der Waals surface area contributed by atoms with Crippen molar-refractivity contribution in [3.8, 4) is 6.07 Å². The molecule has 1 aromatic heterocycles. The van der Waals surface area contributed by atoms with Crippen LogP contribution in [0, 0.1) is 11.3 Å². The summed E-state index contributed by atoms with van der Waals surface area (Å²) in [4.78, 5) is 23.3. The Kier molecular flexibility index (Phi) is 5.58. The van der Waals surface area contributed by atoms with E-state index in [0.717, 1.165) is 0 Å². The van der Waals surface area contributed by atoms with E-state index in [-0.39, 0.29) is 11.6 Å². The minimum Gasteiger partial charge on any atom is -0.339 e. The molecule has 138 valence electrons. The molecule has 3 rings (SSSR count). The number of aromatic nitrogens is 2. The number of benzene rings is 2. The van der Waals surface area contributed by atoms with Crippen LogP contribution in [0.1, 0.15) is 23.0 Å². The zero-order valence-electron chi connectivity index (χ0n) is 14.9. The lowest BCUT2D eigenvalue weighted by Gasteiger charge is -2.08. The van der Waals surface area contributed by atoms with Gasteiger partial charge in [-0.3, -0.25) is 9.59 Å². The first-order chi connectivity index (χ1) is 13.5. The van der Waals surface area contributed by atoms with Crippen molar-refractivity contribution in [3.05, 3.63) is 71.9 Å². The predicted octanol–water partition coefficient (Wildman–Crippen LogP) is 3.30. The van der Waals surface area contributed by atoms with Gasteiger partial charge in [0.05, 0.1) is 11.6 Å². The van der Waals surface area contributed by atoms with Crippen LogP contribution in [0.4, 0.5) is 22.9 Å². The summed E-state index contributed by atoms with van der Waals surface area (Å²) in [6.07, 6.45) is 0. The highest BCUT2D eigenvalue weighted by molar-refractivity contribution is 6.03. The summed E-state index contributed by atoms with van der Waals surface area (Å²) >= 11 is 0. The third-order valence-electron chi connectivity index (χ3n) is 3.62. The van der Waals surface area contributed by atoms with Crippen LogP contribution in [-0.2, 0) is 4.79 Å². The lowest BCUT2D eigenvalue weighted by atomic mass is 10.2. The Morgan fingerprint density at radius 1 is 0.893 bits per heavy atom. The van der Waals surface area contributed by atoms with Gasteiger partial charge in [0.2, 0.25) is 5.91 Å². The number of nitrogens with one attached hydrogen (secondary N) is 3.